The molecule has 0 radical (unpaired) electrons. The van der Waals surface area contributed by atoms with Gasteiger partial charge in [-0.3, -0.25) is 9.59 Å². The topological polar surface area (TPSA) is 200 Å². The number of ether oxygens (including phenoxy) is 3. The fourth-order valence-electron chi connectivity index (χ4n) is 3.96. The van der Waals surface area contributed by atoms with Crippen molar-refractivity contribution in [3.8, 4) is 23.0 Å². The Morgan fingerprint density at radius 2 is 1.33 bits per heavy atom. The van der Waals surface area contributed by atoms with E-state index in [2.05, 4.69) is 4.74 Å². The van der Waals surface area contributed by atoms with Gasteiger partial charge in [-0.15, -0.1) is 0 Å². The molecule has 12 heteroatoms. The van der Waals surface area contributed by atoms with Gasteiger partial charge in [0.15, 0.2) is 34.7 Å². The summed E-state index contributed by atoms with van der Waals surface area (Å²) in [6.45, 7) is 0. The summed E-state index contributed by atoms with van der Waals surface area (Å²) in [6, 6.07) is 7.37. The van der Waals surface area contributed by atoms with Crippen LogP contribution in [0.15, 0.2) is 36.4 Å². The zero-order valence-corrected chi connectivity index (χ0v) is 19.2. The summed E-state index contributed by atoms with van der Waals surface area (Å²) < 4.78 is 15.3. The molecular formula is C24H26O12. The molecule has 0 bridgehead atoms. The van der Waals surface area contributed by atoms with Crippen LogP contribution < -0.4 is 0 Å². The van der Waals surface area contributed by atoms with Crippen LogP contribution in [0.2, 0.25) is 0 Å². The van der Waals surface area contributed by atoms with Gasteiger partial charge in [0.2, 0.25) is 0 Å². The number of phenolic OH excluding ortho intramolecular Hbond substituents is 4. The highest BCUT2D eigenvalue weighted by atomic mass is 16.6. The first-order chi connectivity index (χ1) is 16.9. The normalized spacial score (nSPS) is 23.5. The highest BCUT2D eigenvalue weighted by Crippen LogP contribution is 2.34. The lowest BCUT2D eigenvalue weighted by atomic mass is 9.79. The summed E-state index contributed by atoms with van der Waals surface area (Å²) >= 11 is 0. The molecule has 1 aliphatic rings. The molecule has 194 valence electrons. The molecule has 36 heavy (non-hydrogen) atoms. The highest BCUT2D eigenvalue weighted by Gasteiger charge is 2.53. The Balaban J connectivity index is 1.77. The van der Waals surface area contributed by atoms with Gasteiger partial charge in [0.1, 0.15) is 6.10 Å². The highest BCUT2D eigenvalue weighted by molar-refractivity contribution is 5.80. The molecule has 0 aliphatic heterocycles. The molecule has 0 aromatic heterocycles. The molecule has 0 heterocycles. The Bertz CT molecular complexity index is 1150. The van der Waals surface area contributed by atoms with Crippen LogP contribution in [0.3, 0.4) is 0 Å². The van der Waals surface area contributed by atoms with Gasteiger partial charge in [0.05, 0.1) is 26.1 Å². The van der Waals surface area contributed by atoms with Crippen LogP contribution in [-0.2, 0) is 41.4 Å². The smallest absolute Gasteiger partial charge is 0.338 e. The summed E-state index contributed by atoms with van der Waals surface area (Å²) in [4.78, 5) is 37.3. The zero-order valence-electron chi connectivity index (χ0n) is 19.2. The summed E-state index contributed by atoms with van der Waals surface area (Å²) in [7, 11) is 1.03. The third-order valence-corrected chi connectivity index (χ3v) is 5.72. The van der Waals surface area contributed by atoms with Crippen LogP contribution in [0.4, 0.5) is 0 Å². The van der Waals surface area contributed by atoms with Crippen molar-refractivity contribution in [3.63, 3.8) is 0 Å². The number of rotatable bonds is 7. The van der Waals surface area contributed by atoms with E-state index < -0.39 is 66.2 Å². The molecule has 0 amide bonds. The second-order valence-corrected chi connectivity index (χ2v) is 8.48. The number of methoxy groups -OCH3 is 1. The number of esters is 3. The van der Waals surface area contributed by atoms with Gasteiger partial charge in [-0.25, -0.2) is 4.79 Å². The van der Waals surface area contributed by atoms with E-state index in [1.54, 1.807) is 0 Å². The van der Waals surface area contributed by atoms with E-state index in [9.17, 15) is 45.0 Å². The van der Waals surface area contributed by atoms with Crippen LogP contribution in [0, 0.1) is 0 Å². The van der Waals surface area contributed by atoms with Crippen molar-refractivity contribution in [1.29, 1.82) is 0 Å². The largest absolute Gasteiger partial charge is 0.504 e. The minimum atomic E-state index is -2.22. The standard InChI is InChI=1S/C24H26O12/c1-34-23(32)24(33)10-18(29)22(36-21(31)9-13-3-5-15(26)17(28)7-13)19(11-24)35-20(30)8-12-2-4-14(25)16(27)6-12/h2-7,18-19,22,25-29,33H,8-11H2,1H3/t18-,19-,22+,24+/m0/s1. The van der Waals surface area contributed by atoms with Crippen molar-refractivity contribution in [1.82, 2.24) is 0 Å². The van der Waals surface area contributed by atoms with E-state index in [1.807, 2.05) is 0 Å². The van der Waals surface area contributed by atoms with Crippen molar-refractivity contribution in [2.45, 2.75) is 49.6 Å². The first-order valence-electron chi connectivity index (χ1n) is 10.8. The second kappa shape index (κ2) is 10.7. The Hall–Kier alpha value is -4.03. The van der Waals surface area contributed by atoms with Gasteiger partial charge < -0.3 is 44.8 Å². The molecule has 1 aliphatic carbocycles. The molecule has 12 nitrogen and oxygen atoms in total. The van der Waals surface area contributed by atoms with Crippen LogP contribution >= 0.6 is 0 Å². The Labute approximate surface area is 204 Å². The Morgan fingerprint density at radius 1 is 0.833 bits per heavy atom. The van der Waals surface area contributed by atoms with Crippen molar-refractivity contribution < 1.29 is 59.2 Å². The summed E-state index contributed by atoms with van der Waals surface area (Å²) in [5.41, 5.74) is -1.66. The fraction of sp³-hybridized carbons (Fsp3) is 0.375. The number of aliphatic hydroxyl groups excluding tert-OH is 1. The van der Waals surface area contributed by atoms with Crippen LogP contribution in [0.5, 0.6) is 23.0 Å². The third-order valence-electron chi connectivity index (χ3n) is 5.72. The average molecular weight is 506 g/mol. The van der Waals surface area contributed by atoms with Crippen molar-refractivity contribution in [2.24, 2.45) is 0 Å². The van der Waals surface area contributed by atoms with E-state index in [0.29, 0.717) is 0 Å². The number of carbonyl (C=O) groups excluding carboxylic acids is 3. The quantitative estimate of drug-likeness (QED) is 0.169. The van der Waals surface area contributed by atoms with Gasteiger partial charge in [-0.2, -0.15) is 0 Å². The second-order valence-electron chi connectivity index (χ2n) is 8.48. The molecule has 0 unspecified atom stereocenters. The fourth-order valence-corrected chi connectivity index (χ4v) is 3.96. The summed E-state index contributed by atoms with van der Waals surface area (Å²) in [5.74, 6) is -4.53. The number of carbonyl (C=O) groups is 3. The number of hydrogen-bond donors (Lipinski definition) is 6. The van der Waals surface area contributed by atoms with Crippen LogP contribution in [0.1, 0.15) is 24.0 Å². The van der Waals surface area contributed by atoms with E-state index >= 15 is 0 Å². The van der Waals surface area contributed by atoms with E-state index in [1.165, 1.54) is 24.3 Å². The lowest BCUT2D eigenvalue weighted by Crippen LogP contribution is -2.58. The number of aliphatic hydroxyl groups is 2. The van der Waals surface area contributed by atoms with E-state index in [-0.39, 0.29) is 35.5 Å². The zero-order chi connectivity index (χ0) is 26.6. The minimum Gasteiger partial charge on any atom is -0.504 e. The predicted molar refractivity (Wildman–Crippen MR) is 119 cm³/mol. The maximum Gasteiger partial charge on any atom is 0.338 e. The van der Waals surface area contributed by atoms with Crippen LogP contribution in [-0.4, -0.2) is 79.6 Å². The van der Waals surface area contributed by atoms with E-state index in [0.717, 1.165) is 19.2 Å². The maximum atomic E-state index is 12.6. The van der Waals surface area contributed by atoms with Gasteiger partial charge in [0, 0.05) is 12.8 Å². The van der Waals surface area contributed by atoms with Crippen LogP contribution in [0.25, 0.3) is 0 Å². The van der Waals surface area contributed by atoms with Gasteiger partial charge in [0.25, 0.3) is 0 Å². The molecule has 1 fully saturated rings. The third kappa shape index (κ3) is 6.15. The monoisotopic (exact) mass is 506 g/mol. The lowest BCUT2D eigenvalue weighted by molar-refractivity contribution is -0.209. The molecule has 0 spiro atoms. The molecule has 1 saturated carbocycles. The maximum absolute atomic E-state index is 12.6. The van der Waals surface area contributed by atoms with Crippen molar-refractivity contribution in [2.75, 3.05) is 7.11 Å². The summed E-state index contributed by atoms with van der Waals surface area (Å²) in [6.07, 6.45) is -6.37. The first-order valence-corrected chi connectivity index (χ1v) is 10.8. The Kier molecular flexibility index (Phi) is 7.90. The first kappa shape index (κ1) is 26.6. The Morgan fingerprint density at radius 3 is 1.81 bits per heavy atom. The number of aromatic hydroxyl groups is 4. The van der Waals surface area contributed by atoms with E-state index in [4.69, 9.17) is 9.47 Å². The molecule has 3 rings (SSSR count). The average Bonchev–Trinajstić information content (AvgIpc) is 2.80. The molecule has 4 atom stereocenters. The summed E-state index contributed by atoms with van der Waals surface area (Å²) in [5, 5.41) is 59.4. The number of phenols is 4. The SMILES string of the molecule is COC(=O)[C@]1(O)C[C@H](OC(=O)Cc2ccc(O)c(O)c2)[C@H](OC(=O)Cc2ccc(O)c(O)c2)[C@@H](O)C1. The molecular weight excluding hydrogens is 480 g/mol. The lowest BCUT2D eigenvalue weighted by Gasteiger charge is -2.41. The van der Waals surface area contributed by atoms with Crippen molar-refractivity contribution in [3.05, 3.63) is 47.5 Å². The van der Waals surface area contributed by atoms with Gasteiger partial charge in [-0.05, 0) is 35.4 Å². The molecule has 2 aromatic carbocycles. The van der Waals surface area contributed by atoms with Crippen molar-refractivity contribution >= 4 is 17.9 Å². The molecule has 2 aromatic rings. The van der Waals surface area contributed by atoms with Gasteiger partial charge >= 0.3 is 17.9 Å². The minimum absolute atomic E-state index is 0.274. The number of hydrogen-bond acceptors (Lipinski definition) is 12. The predicted octanol–water partition coefficient (Wildman–Crippen LogP) is 0.177. The molecule has 0 saturated heterocycles. The molecule has 6 N–H and O–H groups in total. The number of benzene rings is 2. The van der Waals surface area contributed by atoms with Gasteiger partial charge in [-0.1, -0.05) is 12.1 Å².